The molecule has 2 rings (SSSR count). The SMILES string of the molecule is COC(=O)C(=Cc1ccccc1)C1CC(C(=O)O)CCN1. The van der Waals surface area contributed by atoms with Crippen LogP contribution in [0.1, 0.15) is 18.4 Å². The van der Waals surface area contributed by atoms with Gasteiger partial charge in [-0.25, -0.2) is 4.79 Å². The number of piperidine rings is 1. The molecule has 0 amide bonds. The van der Waals surface area contributed by atoms with Crippen molar-refractivity contribution in [3.8, 4) is 0 Å². The molecule has 5 heteroatoms. The Bertz CT molecular complexity index is 538. The molecule has 0 radical (unpaired) electrons. The molecule has 1 fully saturated rings. The van der Waals surface area contributed by atoms with Crippen LogP contribution in [-0.4, -0.2) is 36.7 Å². The average Bonchev–Trinajstić information content (AvgIpc) is 2.53. The minimum atomic E-state index is -0.814. The van der Waals surface area contributed by atoms with Gasteiger partial charge in [-0.1, -0.05) is 30.3 Å². The molecule has 2 N–H and O–H groups in total. The molecule has 1 heterocycles. The van der Waals surface area contributed by atoms with Crippen molar-refractivity contribution >= 4 is 18.0 Å². The molecule has 0 saturated carbocycles. The van der Waals surface area contributed by atoms with Crippen molar-refractivity contribution in [3.63, 3.8) is 0 Å². The number of carbonyl (C=O) groups is 2. The van der Waals surface area contributed by atoms with Gasteiger partial charge in [0.1, 0.15) is 0 Å². The smallest absolute Gasteiger partial charge is 0.335 e. The first-order valence-electron chi connectivity index (χ1n) is 6.93. The monoisotopic (exact) mass is 289 g/mol. The van der Waals surface area contributed by atoms with Crippen molar-refractivity contribution in [3.05, 3.63) is 41.5 Å². The summed E-state index contributed by atoms with van der Waals surface area (Å²) in [6.45, 7) is 0.574. The van der Waals surface area contributed by atoms with Gasteiger partial charge in [0.2, 0.25) is 0 Å². The maximum absolute atomic E-state index is 12.0. The fraction of sp³-hybridized carbons (Fsp3) is 0.375. The Labute approximate surface area is 123 Å². The number of rotatable bonds is 4. The van der Waals surface area contributed by atoms with E-state index in [9.17, 15) is 9.59 Å². The van der Waals surface area contributed by atoms with Gasteiger partial charge in [-0.15, -0.1) is 0 Å². The first-order valence-corrected chi connectivity index (χ1v) is 6.93. The largest absolute Gasteiger partial charge is 0.481 e. The summed E-state index contributed by atoms with van der Waals surface area (Å²) in [5, 5.41) is 12.4. The Morgan fingerprint density at radius 2 is 2.05 bits per heavy atom. The van der Waals surface area contributed by atoms with Crippen LogP contribution in [0.4, 0.5) is 0 Å². The fourth-order valence-corrected chi connectivity index (χ4v) is 2.53. The van der Waals surface area contributed by atoms with Gasteiger partial charge in [-0.2, -0.15) is 0 Å². The van der Waals surface area contributed by atoms with Crippen molar-refractivity contribution in [2.75, 3.05) is 13.7 Å². The van der Waals surface area contributed by atoms with Crippen LogP contribution in [0.5, 0.6) is 0 Å². The second-order valence-electron chi connectivity index (χ2n) is 5.07. The second kappa shape index (κ2) is 7.04. The first kappa shape index (κ1) is 15.3. The summed E-state index contributed by atoms with van der Waals surface area (Å²) < 4.78 is 4.84. The van der Waals surface area contributed by atoms with Crippen LogP contribution >= 0.6 is 0 Å². The number of esters is 1. The van der Waals surface area contributed by atoms with Crippen LogP contribution in [0.15, 0.2) is 35.9 Å². The molecule has 0 bridgehead atoms. The molecule has 1 aliphatic rings. The van der Waals surface area contributed by atoms with Gasteiger partial charge in [0.05, 0.1) is 18.6 Å². The minimum Gasteiger partial charge on any atom is -0.481 e. The Hall–Kier alpha value is -2.14. The number of hydrogen-bond acceptors (Lipinski definition) is 4. The lowest BCUT2D eigenvalue weighted by molar-refractivity contribution is -0.143. The highest BCUT2D eigenvalue weighted by atomic mass is 16.5. The molecule has 1 saturated heterocycles. The number of carboxylic acids is 1. The normalized spacial score (nSPS) is 22.6. The van der Waals surface area contributed by atoms with Crippen LogP contribution in [0.25, 0.3) is 6.08 Å². The highest BCUT2D eigenvalue weighted by molar-refractivity contribution is 5.95. The summed E-state index contributed by atoms with van der Waals surface area (Å²) in [5.41, 5.74) is 1.35. The van der Waals surface area contributed by atoms with Crippen molar-refractivity contribution in [1.29, 1.82) is 0 Å². The van der Waals surface area contributed by atoms with Gasteiger partial charge < -0.3 is 15.2 Å². The number of hydrogen-bond donors (Lipinski definition) is 2. The molecule has 21 heavy (non-hydrogen) atoms. The summed E-state index contributed by atoms with van der Waals surface area (Å²) in [5.74, 6) is -1.67. The van der Waals surface area contributed by atoms with Crippen LogP contribution < -0.4 is 5.32 Å². The minimum absolute atomic E-state index is 0.299. The summed E-state index contributed by atoms with van der Waals surface area (Å²) in [7, 11) is 1.33. The summed E-state index contributed by atoms with van der Waals surface area (Å²) in [4.78, 5) is 23.2. The second-order valence-corrected chi connectivity index (χ2v) is 5.07. The predicted octanol–water partition coefficient (Wildman–Crippen LogP) is 1.70. The number of nitrogens with one attached hydrogen (secondary N) is 1. The Morgan fingerprint density at radius 1 is 1.33 bits per heavy atom. The number of methoxy groups -OCH3 is 1. The maximum Gasteiger partial charge on any atom is 0.335 e. The van der Waals surface area contributed by atoms with E-state index in [-0.39, 0.29) is 6.04 Å². The van der Waals surface area contributed by atoms with Crippen LogP contribution in [-0.2, 0) is 14.3 Å². The van der Waals surface area contributed by atoms with Crippen molar-refractivity contribution in [2.24, 2.45) is 5.92 Å². The lowest BCUT2D eigenvalue weighted by atomic mass is 9.88. The summed E-state index contributed by atoms with van der Waals surface area (Å²) in [6, 6.07) is 9.15. The van der Waals surface area contributed by atoms with Crippen LogP contribution in [0.2, 0.25) is 0 Å². The van der Waals surface area contributed by atoms with Crippen molar-refractivity contribution < 1.29 is 19.4 Å². The molecular weight excluding hydrogens is 270 g/mol. The zero-order valence-corrected chi connectivity index (χ0v) is 11.9. The molecule has 0 aromatic heterocycles. The van der Waals surface area contributed by atoms with E-state index in [0.717, 1.165) is 5.56 Å². The number of aliphatic carboxylic acids is 1. The molecule has 0 aliphatic carbocycles. The zero-order valence-electron chi connectivity index (χ0n) is 11.9. The third-order valence-corrected chi connectivity index (χ3v) is 3.67. The summed E-state index contributed by atoms with van der Waals surface area (Å²) >= 11 is 0. The standard InChI is InChI=1S/C16H19NO4/c1-21-16(20)13(9-11-5-3-2-4-6-11)14-10-12(15(18)19)7-8-17-14/h2-6,9,12,14,17H,7-8,10H2,1H3,(H,18,19). The number of carbonyl (C=O) groups excluding carboxylic acids is 1. The maximum atomic E-state index is 12.0. The van der Waals surface area contributed by atoms with E-state index >= 15 is 0 Å². The molecular formula is C16H19NO4. The van der Waals surface area contributed by atoms with E-state index < -0.39 is 17.9 Å². The lowest BCUT2D eigenvalue weighted by Crippen LogP contribution is -2.43. The van der Waals surface area contributed by atoms with Gasteiger partial charge in [0.15, 0.2) is 0 Å². The van der Waals surface area contributed by atoms with Gasteiger partial charge in [0.25, 0.3) is 0 Å². The Balaban J connectivity index is 2.26. The quantitative estimate of drug-likeness (QED) is 0.652. The topological polar surface area (TPSA) is 75.6 Å². The Morgan fingerprint density at radius 3 is 2.67 bits per heavy atom. The molecule has 5 nitrogen and oxygen atoms in total. The first-order chi connectivity index (χ1) is 10.1. The summed E-state index contributed by atoms with van der Waals surface area (Å²) in [6.07, 6.45) is 2.72. The van der Waals surface area contributed by atoms with E-state index in [1.165, 1.54) is 7.11 Å². The van der Waals surface area contributed by atoms with Crippen molar-refractivity contribution in [2.45, 2.75) is 18.9 Å². The highest BCUT2D eigenvalue weighted by Crippen LogP contribution is 2.23. The lowest BCUT2D eigenvalue weighted by Gasteiger charge is -2.29. The van der Waals surface area contributed by atoms with Gasteiger partial charge in [-0.05, 0) is 31.0 Å². The third kappa shape index (κ3) is 3.92. The number of benzene rings is 1. The molecule has 2 unspecified atom stereocenters. The van der Waals surface area contributed by atoms with E-state index in [4.69, 9.17) is 9.84 Å². The highest BCUT2D eigenvalue weighted by Gasteiger charge is 2.31. The number of ether oxygens (including phenoxy) is 1. The third-order valence-electron chi connectivity index (χ3n) is 3.67. The molecule has 0 spiro atoms. The fourth-order valence-electron chi connectivity index (χ4n) is 2.53. The molecule has 1 aliphatic heterocycles. The Kier molecular flexibility index (Phi) is 5.11. The van der Waals surface area contributed by atoms with Crippen LogP contribution in [0.3, 0.4) is 0 Å². The van der Waals surface area contributed by atoms with E-state index in [1.54, 1.807) is 6.08 Å². The zero-order chi connectivity index (χ0) is 15.2. The van der Waals surface area contributed by atoms with E-state index in [0.29, 0.717) is 25.0 Å². The van der Waals surface area contributed by atoms with Crippen molar-refractivity contribution in [1.82, 2.24) is 5.32 Å². The number of carboxylic acid groups (broad SMARTS) is 1. The van der Waals surface area contributed by atoms with Gasteiger partial charge in [-0.3, -0.25) is 4.79 Å². The van der Waals surface area contributed by atoms with Gasteiger partial charge in [0, 0.05) is 6.04 Å². The molecule has 112 valence electrons. The molecule has 1 aromatic carbocycles. The van der Waals surface area contributed by atoms with Gasteiger partial charge >= 0.3 is 11.9 Å². The van der Waals surface area contributed by atoms with E-state index in [2.05, 4.69) is 5.32 Å². The molecule has 1 aromatic rings. The van der Waals surface area contributed by atoms with E-state index in [1.807, 2.05) is 30.3 Å². The molecule has 2 atom stereocenters. The predicted molar refractivity (Wildman–Crippen MR) is 78.6 cm³/mol. The average molecular weight is 289 g/mol. The van der Waals surface area contributed by atoms with Crippen LogP contribution in [0, 0.1) is 5.92 Å².